The SMILES string of the molecule is CC(C)N(Cc1ccccc1)C(=O)CSc1nnc(-c2ccc3c(c2)OCO3)n1-c1ccccc1. The van der Waals surface area contributed by atoms with Gasteiger partial charge in [-0.2, -0.15) is 0 Å². The van der Waals surface area contributed by atoms with Crippen LogP contribution in [0.15, 0.2) is 84.0 Å². The van der Waals surface area contributed by atoms with Gasteiger partial charge in [-0.05, 0) is 49.7 Å². The van der Waals surface area contributed by atoms with Crippen molar-refractivity contribution >= 4 is 17.7 Å². The first-order valence-corrected chi connectivity index (χ1v) is 12.5. The van der Waals surface area contributed by atoms with Crippen molar-refractivity contribution in [3.8, 4) is 28.6 Å². The zero-order chi connectivity index (χ0) is 24.2. The summed E-state index contributed by atoms with van der Waals surface area (Å²) in [5, 5.41) is 9.59. The van der Waals surface area contributed by atoms with Gasteiger partial charge in [0, 0.05) is 23.8 Å². The van der Waals surface area contributed by atoms with Crippen LogP contribution in [0.2, 0.25) is 0 Å². The van der Waals surface area contributed by atoms with E-state index >= 15 is 0 Å². The van der Waals surface area contributed by atoms with Gasteiger partial charge in [0.05, 0.1) is 5.75 Å². The number of amides is 1. The fourth-order valence-corrected chi connectivity index (χ4v) is 4.78. The van der Waals surface area contributed by atoms with Gasteiger partial charge in [0.25, 0.3) is 0 Å². The van der Waals surface area contributed by atoms with Gasteiger partial charge in [-0.15, -0.1) is 10.2 Å². The molecule has 0 fully saturated rings. The minimum atomic E-state index is 0.0566. The standard InChI is InChI=1S/C27H26N4O3S/c1-19(2)30(16-20-9-5-3-6-10-20)25(32)17-35-27-29-28-26(31(27)22-11-7-4-8-12-22)21-13-14-23-24(15-21)34-18-33-23/h3-15,19H,16-18H2,1-2H3. The van der Waals surface area contributed by atoms with Crippen LogP contribution in [0.5, 0.6) is 11.5 Å². The lowest BCUT2D eigenvalue weighted by Gasteiger charge is -2.27. The lowest BCUT2D eigenvalue weighted by atomic mass is 10.2. The Morgan fingerprint density at radius 3 is 2.43 bits per heavy atom. The molecule has 8 heteroatoms. The first-order chi connectivity index (χ1) is 17.1. The number of nitrogens with zero attached hydrogens (tertiary/aromatic N) is 4. The van der Waals surface area contributed by atoms with E-state index in [4.69, 9.17) is 9.47 Å². The molecule has 1 aliphatic heterocycles. The van der Waals surface area contributed by atoms with E-state index in [2.05, 4.69) is 10.2 Å². The Hall–Kier alpha value is -3.78. The smallest absolute Gasteiger partial charge is 0.233 e. The van der Waals surface area contributed by atoms with Crippen molar-refractivity contribution in [3.63, 3.8) is 0 Å². The number of hydrogen-bond donors (Lipinski definition) is 0. The second-order valence-electron chi connectivity index (χ2n) is 8.43. The van der Waals surface area contributed by atoms with Gasteiger partial charge in [-0.25, -0.2) is 0 Å². The maximum absolute atomic E-state index is 13.2. The van der Waals surface area contributed by atoms with E-state index in [0.717, 1.165) is 16.8 Å². The Morgan fingerprint density at radius 1 is 0.971 bits per heavy atom. The van der Waals surface area contributed by atoms with Gasteiger partial charge in [0.15, 0.2) is 22.5 Å². The lowest BCUT2D eigenvalue weighted by molar-refractivity contribution is -0.130. The molecule has 0 N–H and O–H groups in total. The zero-order valence-corrected chi connectivity index (χ0v) is 20.4. The lowest BCUT2D eigenvalue weighted by Crippen LogP contribution is -2.37. The number of rotatable bonds is 8. The molecule has 3 aromatic carbocycles. The van der Waals surface area contributed by atoms with E-state index in [-0.39, 0.29) is 24.5 Å². The van der Waals surface area contributed by atoms with E-state index in [1.807, 2.05) is 102 Å². The zero-order valence-electron chi connectivity index (χ0n) is 19.6. The summed E-state index contributed by atoms with van der Waals surface area (Å²) in [6.07, 6.45) is 0. The van der Waals surface area contributed by atoms with Crippen LogP contribution in [-0.4, -0.2) is 44.2 Å². The van der Waals surface area contributed by atoms with Gasteiger partial charge in [0.2, 0.25) is 12.7 Å². The summed E-state index contributed by atoms with van der Waals surface area (Å²) in [6, 6.07) is 25.8. The number of ether oxygens (including phenoxy) is 2. The van der Waals surface area contributed by atoms with Crippen LogP contribution < -0.4 is 9.47 Å². The molecule has 1 amide bonds. The number of para-hydroxylation sites is 1. The Kier molecular flexibility index (Phi) is 6.72. The highest BCUT2D eigenvalue weighted by atomic mass is 32.2. The number of thioether (sulfide) groups is 1. The van der Waals surface area contributed by atoms with E-state index in [9.17, 15) is 4.79 Å². The Balaban J connectivity index is 1.41. The molecule has 0 unspecified atom stereocenters. The molecule has 0 radical (unpaired) electrons. The molecule has 4 aromatic rings. The average Bonchev–Trinajstić information content (AvgIpc) is 3.53. The third kappa shape index (κ3) is 5.02. The number of benzene rings is 3. The minimum absolute atomic E-state index is 0.0566. The van der Waals surface area contributed by atoms with Crippen molar-refractivity contribution < 1.29 is 14.3 Å². The van der Waals surface area contributed by atoms with Gasteiger partial charge in [-0.3, -0.25) is 9.36 Å². The number of hydrogen-bond acceptors (Lipinski definition) is 6. The molecule has 0 aliphatic carbocycles. The molecule has 0 saturated carbocycles. The van der Waals surface area contributed by atoms with Crippen molar-refractivity contribution in [2.24, 2.45) is 0 Å². The fraction of sp³-hybridized carbons (Fsp3) is 0.222. The molecule has 2 heterocycles. The highest BCUT2D eigenvalue weighted by molar-refractivity contribution is 7.99. The number of carbonyl (C=O) groups is 1. The van der Waals surface area contributed by atoms with E-state index < -0.39 is 0 Å². The highest BCUT2D eigenvalue weighted by Crippen LogP contribution is 2.37. The number of aromatic nitrogens is 3. The number of carbonyl (C=O) groups excluding carboxylic acids is 1. The van der Waals surface area contributed by atoms with Crippen LogP contribution in [0.4, 0.5) is 0 Å². The molecule has 5 rings (SSSR count). The minimum Gasteiger partial charge on any atom is -0.454 e. The summed E-state index contributed by atoms with van der Waals surface area (Å²) >= 11 is 1.39. The van der Waals surface area contributed by atoms with Gasteiger partial charge in [-0.1, -0.05) is 60.3 Å². The molecule has 0 atom stereocenters. The van der Waals surface area contributed by atoms with Crippen LogP contribution in [0, 0.1) is 0 Å². The molecule has 35 heavy (non-hydrogen) atoms. The summed E-state index contributed by atoms with van der Waals surface area (Å²) in [6.45, 7) is 4.86. The maximum atomic E-state index is 13.2. The molecule has 1 aromatic heterocycles. The third-order valence-electron chi connectivity index (χ3n) is 5.74. The quantitative estimate of drug-likeness (QED) is 0.319. The Morgan fingerprint density at radius 2 is 1.69 bits per heavy atom. The second kappa shape index (κ2) is 10.2. The summed E-state index contributed by atoms with van der Waals surface area (Å²) in [5.74, 6) is 2.39. The summed E-state index contributed by atoms with van der Waals surface area (Å²) in [4.78, 5) is 15.1. The van der Waals surface area contributed by atoms with Crippen LogP contribution >= 0.6 is 11.8 Å². The van der Waals surface area contributed by atoms with E-state index in [0.29, 0.717) is 29.0 Å². The van der Waals surface area contributed by atoms with Crippen molar-refractivity contribution in [2.45, 2.75) is 31.6 Å². The molecule has 178 valence electrons. The second-order valence-corrected chi connectivity index (χ2v) is 9.38. The van der Waals surface area contributed by atoms with Crippen LogP contribution in [0.25, 0.3) is 17.1 Å². The Bertz CT molecular complexity index is 1310. The maximum Gasteiger partial charge on any atom is 0.233 e. The molecule has 0 saturated heterocycles. The molecular formula is C27H26N4O3S. The van der Waals surface area contributed by atoms with Gasteiger partial charge >= 0.3 is 0 Å². The third-order valence-corrected chi connectivity index (χ3v) is 6.66. The van der Waals surface area contributed by atoms with E-state index in [1.54, 1.807) is 0 Å². The molecule has 1 aliphatic rings. The first-order valence-electron chi connectivity index (χ1n) is 11.5. The normalized spacial score (nSPS) is 12.2. The highest BCUT2D eigenvalue weighted by Gasteiger charge is 2.22. The van der Waals surface area contributed by atoms with E-state index in [1.165, 1.54) is 11.8 Å². The van der Waals surface area contributed by atoms with Gasteiger partial charge < -0.3 is 14.4 Å². The Labute approximate surface area is 208 Å². The van der Waals surface area contributed by atoms with Crippen molar-refractivity contribution in [3.05, 3.63) is 84.4 Å². The van der Waals surface area contributed by atoms with Crippen molar-refractivity contribution in [2.75, 3.05) is 12.5 Å². The molecule has 0 bridgehead atoms. The first kappa shape index (κ1) is 23.0. The van der Waals surface area contributed by atoms with Crippen molar-refractivity contribution in [1.82, 2.24) is 19.7 Å². The molecule has 7 nitrogen and oxygen atoms in total. The monoisotopic (exact) mass is 486 g/mol. The average molecular weight is 487 g/mol. The molecular weight excluding hydrogens is 460 g/mol. The van der Waals surface area contributed by atoms with Crippen LogP contribution in [-0.2, 0) is 11.3 Å². The molecule has 0 spiro atoms. The van der Waals surface area contributed by atoms with Crippen molar-refractivity contribution in [1.29, 1.82) is 0 Å². The summed E-state index contributed by atoms with van der Waals surface area (Å²) in [7, 11) is 0. The fourth-order valence-electron chi connectivity index (χ4n) is 3.94. The summed E-state index contributed by atoms with van der Waals surface area (Å²) in [5.41, 5.74) is 2.89. The topological polar surface area (TPSA) is 69.5 Å². The number of fused-ring (bicyclic) bond motifs is 1. The predicted octanol–water partition coefficient (Wildman–Crippen LogP) is 5.19. The van der Waals surface area contributed by atoms with Crippen LogP contribution in [0.1, 0.15) is 19.4 Å². The predicted molar refractivity (Wildman–Crippen MR) is 136 cm³/mol. The summed E-state index contributed by atoms with van der Waals surface area (Å²) < 4.78 is 13.0. The largest absolute Gasteiger partial charge is 0.454 e. The van der Waals surface area contributed by atoms with Crippen LogP contribution in [0.3, 0.4) is 0 Å². The van der Waals surface area contributed by atoms with Gasteiger partial charge in [0.1, 0.15) is 0 Å².